The minimum Gasteiger partial charge on any atom is -0.481 e. The maximum absolute atomic E-state index is 12.0. The summed E-state index contributed by atoms with van der Waals surface area (Å²) >= 11 is 0. The van der Waals surface area contributed by atoms with Gasteiger partial charge in [-0.25, -0.2) is 0 Å². The van der Waals surface area contributed by atoms with Crippen molar-refractivity contribution in [1.82, 2.24) is 14.7 Å². The van der Waals surface area contributed by atoms with Crippen molar-refractivity contribution in [2.45, 2.75) is 25.7 Å². The summed E-state index contributed by atoms with van der Waals surface area (Å²) in [5.41, 5.74) is 0. The molecule has 0 radical (unpaired) electrons. The Morgan fingerprint density at radius 3 is 2.20 bits per heavy atom. The average molecular weight is 285 g/mol. The number of hydrogen-bond donors (Lipinski definition) is 1. The molecule has 0 aromatic carbocycles. The lowest BCUT2D eigenvalue weighted by molar-refractivity contribution is -0.138. The van der Waals surface area contributed by atoms with E-state index in [0.717, 1.165) is 39.3 Å². The van der Waals surface area contributed by atoms with Crippen molar-refractivity contribution in [1.29, 1.82) is 0 Å². The van der Waals surface area contributed by atoms with Crippen LogP contribution in [0.2, 0.25) is 0 Å². The molecule has 0 spiro atoms. The molecule has 1 aliphatic heterocycles. The van der Waals surface area contributed by atoms with Crippen LogP contribution in [0.5, 0.6) is 0 Å². The highest BCUT2D eigenvalue weighted by atomic mass is 16.4. The number of rotatable bonds is 8. The Bertz CT molecular complexity index is 313. The monoisotopic (exact) mass is 285 g/mol. The molecule has 1 heterocycles. The van der Waals surface area contributed by atoms with Crippen molar-refractivity contribution in [3.63, 3.8) is 0 Å². The minimum absolute atomic E-state index is 0.158. The van der Waals surface area contributed by atoms with Gasteiger partial charge in [0, 0.05) is 52.1 Å². The largest absolute Gasteiger partial charge is 0.481 e. The van der Waals surface area contributed by atoms with Gasteiger partial charge in [-0.05, 0) is 26.9 Å². The van der Waals surface area contributed by atoms with Crippen molar-refractivity contribution in [2.75, 3.05) is 53.4 Å². The molecule has 116 valence electrons. The molecule has 0 bridgehead atoms. The first-order valence-electron chi connectivity index (χ1n) is 7.35. The molecule has 0 unspecified atom stereocenters. The van der Waals surface area contributed by atoms with Crippen LogP contribution in [0.1, 0.15) is 25.7 Å². The van der Waals surface area contributed by atoms with Crippen molar-refractivity contribution in [3.05, 3.63) is 0 Å². The lowest BCUT2D eigenvalue weighted by Gasteiger charge is -2.35. The summed E-state index contributed by atoms with van der Waals surface area (Å²) in [6.07, 6.45) is 1.90. The van der Waals surface area contributed by atoms with Crippen molar-refractivity contribution in [3.8, 4) is 0 Å². The molecule has 1 N–H and O–H groups in total. The normalized spacial score (nSPS) is 16.6. The van der Waals surface area contributed by atoms with E-state index in [1.165, 1.54) is 0 Å². The van der Waals surface area contributed by atoms with E-state index >= 15 is 0 Å². The van der Waals surface area contributed by atoms with Crippen molar-refractivity contribution in [2.24, 2.45) is 0 Å². The van der Waals surface area contributed by atoms with Crippen LogP contribution >= 0.6 is 0 Å². The molecule has 1 rings (SSSR count). The maximum Gasteiger partial charge on any atom is 0.303 e. The lowest BCUT2D eigenvalue weighted by atomic mass is 10.1. The van der Waals surface area contributed by atoms with Gasteiger partial charge >= 0.3 is 5.97 Å². The molecule has 0 saturated carbocycles. The second-order valence-corrected chi connectivity index (χ2v) is 5.63. The number of carboxylic acid groups (broad SMARTS) is 1. The standard InChI is InChI=1S/C14H27N3O3/c1-15(2)7-8-16-9-11-17(12-10-16)13(18)5-3-4-6-14(19)20/h3-12H2,1-2H3,(H,19,20). The molecule has 6 heteroatoms. The highest BCUT2D eigenvalue weighted by Crippen LogP contribution is 2.07. The van der Waals surface area contributed by atoms with Crippen LogP contribution in [0.25, 0.3) is 0 Å². The van der Waals surface area contributed by atoms with Crippen LogP contribution in [-0.4, -0.2) is 85.0 Å². The van der Waals surface area contributed by atoms with Crippen LogP contribution < -0.4 is 0 Å². The fraction of sp³-hybridized carbons (Fsp3) is 0.857. The van der Waals surface area contributed by atoms with Gasteiger partial charge in [0.05, 0.1) is 0 Å². The quantitative estimate of drug-likeness (QED) is 0.651. The molecule has 1 aliphatic rings. The summed E-state index contributed by atoms with van der Waals surface area (Å²) in [6, 6.07) is 0. The van der Waals surface area contributed by atoms with Crippen molar-refractivity contribution < 1.29 is 14.7 Å². The Morgan fingerprint density at radius 2 is 1.65 bits per heavy atom. The van der Waals surface area contributed by atoms with Gasteiger partial charge in [0.2, 0.25) is 5.91 Å². The van der Waals surface area contributed by atoms with Gasteiger partial charge in [-0.2, -0.15) is 0 Å². The zero-order chi connectivity index (χ0) is 15.0. The second kappa shape index (κ2) is 8.92. The van der Waals surface area contributed by atoms with E-state index in [1.807, 2.05) is 4.90 Å². The Labute approximate surface area is 121 Å². The molecule has 0 aromatic rings. The van der Waals surface area contributed by atoms with Gasteiger partial charge < -0.3 is 14.9 Å². The third kappa shape index (κ3) is 6.86. The van der Waals surface area contributed by atoms with E-state index < -0.39 is 5.97 Å². The lowest BCUT2D eigenvalue weighted by Crippen LogP contribution is -2.49. The highest BCUT2D eigenvalue weighted by Gasteiger charge is 2.20. The molecule has 1 fully saturated rings. The van der Waals surface area contributed by atoms with E-state index in [1.54, 1.807) is 0 Å². The first kappa shape index (κ1) is 16.9. The van der Waals surface area contributed by atoms with Gasteiger partial charge in [0.15, 0.2) is 0 Å². The fourth-order valence-electron chi connectivity index (χ4n) is 2.27. The number of piperazine rings is 1. The number of unbranched alkanes of at least 4 members (excludes halogenated alkanes) is 1. The molecule has 0 atom stereocenters. The zero-order valence-corrected chi connectivity index (χ0v) is 12.7. The predicted molar refractivity (Wildman–Crippen MR) is 77.7 cm³/mol. The molecular formula is C14H27N3O3. The van der Waals surface area contributed by atoms with Gasteiger partial charge in [-0.1, -0.05) is 0 Å². The topological polar surface area (TPSA) is 64.1 Å². The summed E-state index contributed by atoms with van der Waals surface area (Å²) in [6.45, 7) is 5.57. The number of carbonyl (C=O) groups is 2. The van der Waals surface area contributed by atoms with Gasteiger partial charge in [0.1, 0.15) is 0 Å². The third-order valence-corrected chi connectivity index (χ3v) is 3.62. The summed E-state index contributed by atoms with van der Waals surface area (Å²) in [5, 5.41) is 8.54. The van der Waals surface area contributed by atoms with Crippen LogP contribution in [0.15, 0.2) is 0 Å². The maximum atomic E-state index is 12.0. The van der Waals surface area contributed by atoms with E-state index in [0.29, 0.717) is 19.3 Å². The number of hydrogen-bond acceptors (Lipinski definition) is 4. The summed E-state index contributed by atoms with van der Waals surface area (Å²) in [4.78, 5) is 28.8. The van der Waals surface area contributed by atoms with Gasteiger partial charge in [-0.3, -0.25) is 14.5 Å². The number of amides is 1. The predicted octanol–water partition coefficient (Wildman–Crippen LogP) is 0.337. The number of carbonyl (C=O) groups excluding carboxylic acids is 1. The molecule has 0 aliphatic carbocycles. The van der Waals surface area contributed by atoms with Crippen LogP contribution in [0, 0.1) is 0 Å². The summed E-state index contributed by atoms with van der Waals surface area (Å²) in [7, 11) is 4.13. The van der Waals surface area contributed by atoms with E-state index in [-0.39, 0.29) is 12.3 Å². The van der Waals surface area contributed by atoms with Crippen molar-refractivity contribution >= 4 is 11.9 Å². The number of nitrogens with zero attached hydrogens (tertiary/aromatic N) is 3. The Morgan fingerprint density at radius 1 is 1.05 bits per heavy atom. The van der Waals surface area contributed by atoms with Crippen LogP contribution in [-0.2, 0) is 9.59 Å². The zero-order valence-electron chi connectivity index (χ0n) is 12.7. The number of aliphatic carboxylic acids is 1. The molecule has 1 saturated heterocycles. The minimum atomic E-state index is -0.785. The van der Waals surface area contributed by atoms with Crippen LogP contribution in [0.4, 0.5) is 0 Å². The smallest absolute Gasteiger partial charge is 0.303 e. The molecule has 1 amide bonds. The number of likely N-dealkylation sites (N-methyl/N-ethyl adjacent to an activating group) is 1. The summed E-state index contributed by atoms with van der Waals surface area (Å²) < 4.78 is 0. The SMILES string of the molecule is CN(C)CCN1CCN(C(=O)CCCCC(=O)O)CC1. The highest BCUT2D eigenvalue weighted by molar-refractivity contribution is 5.76. The van der Waals surface area contributed by atoms with E-state index in [4.69, 9.17) is 5.11 Å². The molecular weight excluding hydrogens is 258 g/mol. The Balaban J connectivity index is 2.14. The molecule has 20 heavy (non-hydrogen) atoms. The van der Waals surface area contributed by atoms with Gasteiger partial charge in [0.25, 0.3) is 0 Å². The Hall–Kier alpha value is -1.14. The first-order chi connectivity index (χ1) is 9.49. The molecule has 6 nitrogen and oxygen atoms in total. The number of carboxylic acids is 1. The molecule has 0 aromatic heterocycles. The summed E-state index contributed by atoms with van der Waals surface area (Å²) in [5.74, 6) is -0.616. The Kier molecular flexibility index (Phi) is 7.54. The van der Waals surface area contributed by atoms with E-state index in [9.17, 15) is 9.59 Å². The van der Waals surface area contributed by atoms with Crippen LogP contribution in [0.3, 0.4) is 0 Å². The first-order valence-corrected chi connectivity index (χ1v) is 7.35. The van der Waals surface area contributed by atoms with E-state index in [2.05, 4.69) is 23.9 Å². The fourth-order valence-corrected chi connectivity index (χ4v) is 2.27. The second-order valence-electron chi connectivity index (χ2n) is 5.63. The third-order valence-electron chi connectivity index (χ3n) is 3.62. The van der Waals surface area contributed by atoms with Gasteiger partial charge in [-0.15, -0.1) is 0 Å². The average Bonchev–Trinajstić information content (AvgIpc) is 2.41.